The van der Waals surface area contributed by atoms with Crippen LogP contribution in [0.1, 0.15) is 106 Å². The van der Waals surface area contributed by atoms with Crippen LogP contribution in [0.2, 0.25) is 0 Å². The number of carbonyl (C=O) groups excluding carboxylic acids is 1. The van der Waals surface area contributed by atoms with Crippen molar-refractivity contribution >= 4 is 5.97 Å². The second-order valence-electron chi connectivity index (χ2n) is 9.98. The smallest absolute Gasteiger partial charge is 0.312 e. The molecule has 0 spiro atoms. The first kappa shape index (κ1) is 21.8. The lowest BCUT2D eigenvalue weighted by Crippen LogP contribution is -2.50. The topological polar surface area (TPSA) is 26.3 Å². The second-order valence-corrected chi connectivity index (χ2v) is 9.98. The van der Waals surface area contributed by atoms with Gasteiger partial charge in [0.25, 0.3) is 0 Å². The molecule has 0 bridgehead atoms. The molecule has 0 radical (unpaired) electrons. The van der Waals surface area contributed by atoms with Gasteiger partial charge < -0.3 is 4.74 Å². The van der Waals surface area contributed by atoms with Crippen molar-refractivity contribution < 1.29 is 9.53 Å². The van der Waals surface area contributed by atoms with Crippen LogP contribution < -0.4 is 0 Å². The Kier molecular flexibility index (Phi) is 7.24. The van der Waals surface area contributed by atoms with E-state index in [1.165, 1.54) is 38.5 Å². The highest BCUT2D eigenvalue weighted by atomic mass is 16.6. The highest BCUT2D eigenvalue weighted by molar-refractivity contribution is 5.76. The van der Waals surface area contributed by atoms with Crippen molar-refractivity contribution in [3.8, 4) is 0 Å². The van der Waals surface area contributed by atoms with E-state index in [9.17, 15) is 4.79 Å². The molecule has 0 aromatic rings. The summed E-state index contributed by atoms with van der Waals surface area (Å²) in [6.07, 6.45) is 10.8. The van der Waals surface area contributed by atoms with Gasteiger partial charge in [0, 0.05) is 0 Å². The minimum Gasteiger partial charge on any atom is -0.458 e. The number of rotatable bonds is 7. The quantitative estimate of drug-likeness (QED) is 0.454. The molecular weight excluding hydrogens is 320 g/mol. The molecule has 0 amide bonds. The molecule has 2 nitrogen and oxygen atoms in total. The lowest BCUT2D eigenvalue weighted by Gasteiger charge is -2.52. The van der Waals surface area contributed by atoms with Crippen LogP contribution in [0.4, 0.5) is 0 Å². The van der Waals surface area contributed by atoms with Crippen LogP contribution in [0.15, 0.2) is 0 Å². The average Bonchev–Trinajstić information content (AvgIpc) is 2.65. The van der Waals surface area contributed by atoms with Gasteiger partial charge in [-0.15, -0.1) is 0 Å². The third kappa shape index (κ3) is 4.14. The molecule has 152 valence electrons. The first-order valence-electron chi connectivity index (χ1n) is 11.5. The van der Waals surface area contributed by atoms with Gasteiger partial charge in [0.2, 0.25) is 0 Å². The normalized spacial score (nSPS) is 32.8. The Morgan fingerprint density at radius 3 is 2.19 bits per heavy atom. The maximum atomic E-state index is 12.9. The van der Waals surface area contributed by atoms with Gasteiger partial charge in [0.15, 0.2) is 0 Å². The van der Waals surface area contributed by atoms with Crippen LogP contribution in [0.25, 0.3) is 0 Å². The second kappa shape index (κ2) is 8.65. The third-order valence-corrected chi connectivity index (χ3v) is 8.34. The molecule has 0 N–H and O–H groups in total. The van der Waals surface area contributed by atoms with Gasteiger partial charge in [-0.3, -0.25) is 4.79 Å². The molecule has 0 aliphatic heterocycles. The summed E-state index contributed by atoms with van der Waals surface area (Å²) in [5, 5.41) is 0. The van der Waals surface area contributed by atoms with Crippen LogP contribution in [-0.2, 0) is 9.53 Å². The van der Waals surface area contributed by atoms with Gasteiger partial charge in [0.05, 0.1) is 5.41 Å². The minimum absolute atomic E-state index is 0.00792. The van der Waals surface area contributed by atoms with E-state index in [1.54, 1.807) is 0 Å². The van der Waals surface area contributed by atoms with Gasteiger partial charge in [0.1, 0.15) is 5.60 Å². The zero-order chi connectivity index (χ0) is 19.5. The summed E-state index contributed by atoms with van der Waals surface area (Å²) < 4.78 is 6.37. The monoisotopic (exact) mass is 364 g/mol. The van der Waals surface area contributed by atoms with Crippen molar-refractivity contribution in [3.05, 3.63) is 0 Å². The van der Waals surface area contributed by atoms with Crippen LogP contribution in [-0.4, -0.2) is 11.6 Å². The standard InChI is InChI=1S/C24H44O2/c1-8-18-13-12-14-19-16-20(15-17(5)21(18)19)24(10-3,11-4)26-22(25)23(6,7)9-2/h17-21H,8-16H2,1-7H3. The van der Waals surface area contributed by atoms with Crippen molar-refractivity contribution in [2.45, 2.75) is 112 Å². The molecule has 2 aliphatic rings. The van der Waals surface area contributed by atoms with E-state index >= 15 is 0 Å². The van der Waals surface area contributed by atoms with Crippen molar-refractivity contribution in [1.82, 2.24) is 0 Å². The molecule has 2 saturated carbocycles. The average molecular weight is 365 g/mol. The zero-order valence-corrected chi connectivity index (χ0v) is 18.6. The number of carbonyl (C=O) groups is 1. The maximum Gasteiger partial charge on any atom is 0.312 e. The highest BCUT2D eigenvalue weighted by Crippen LogP contribution is 2.53. The Labute approximate surface area is 162 Å². The van der Waals surface area contributed by atoms with E-state index < -0.39 is 0 Å². The van der Waals surface area contributed by atoms with E-state index in [0.29, 0.717) is 5.92 Å². The van der Waals surface area contributed by atoms with E-state index in [0.717, 1.165) is 42.9 Å². The van der Waals surface area contributed by atoms with Crippen molar-refractivity contribution in [1.29, 1.82) is 0 Å². The van der Waals surface area contributed by atoms with Crippen LogP contribution in [0.3, 0.4) is 0 Å². The van der Waals surface area contributed by atoms with Gasteiger partial charge in [-0.2, -0.15) is 0 Å². The fraction of sp³-hybridized carbons (Fsp3) is 0.958. The summed E-state index contributed by atoms with van der Waals surface area (Å²) in [5.41, 5.74) is -0.640. The van der Waals surface area contributed by atoms with E-state index in [2.05, 4.69) is 34.6 Å². The first-order valence-corrected chi connectivity index (χ1v) is 11.5. The van der Waals surface area contributed by atoms with E-state index in [-0.39, 0.29) is 17.0 Å². The highest BCUT2D eigenvalue weighted by Gasteiger charge is 2.49. The third-order valence-electron chi connectivity index (χ3n) is 8.34. The number of fused-ring (bicyclic) bond motifs is 1. The molecule has 0 heterocycles. The van der Waals surface area contributed by atoms with Gasteiger partial charge >= 0.3 is 5.97 Å². The predicted octanol–water partition coefficient (Wildman–Crippen LogP) is 7.01. The maximum absolute atomic E-state index is 12.9. The summed E-state index contributed by atoms with van der Waals surface area (Å²) in [6, 6.07) is 0. The van der Waals surface area contributed by atoms with Crippen LogP contribution >= 0.6 is 0 Å². The lowest BCUT2D eigenvalue weighted by molar-refractivity contribution is -0.184. The summed E-state index contributed by atoms with van der Waals surface area (Å²) in [6.45, 7) is 15.4. The van der Waals surface area contributed by atoms with Gasteiger partial charge in [-0.1, -0.05) is 60.3 Å². The SMILES string of the molecule is CCC1CCCC2CC(C(CC)(CC)OC(=O)C(C)(C)CC)CC(C)C12. The molecule has 26 heavy (non-hydrogen) atoms. The Morgan fingerprint density at radius 1 is 1.00 bits per heavy atom. The minimum atomic E-state index is -0.378. The summed E-state index contributed by atoms with van der Waals surface area (Å²) in [5.74, 6) is 3.97. The molecule has 2 fully saturated rings. The Balaban J connectivity index is 2.21. The van der Waals surface area contributed by atoms with Crippen LogP contribution in [0.5, 0.6) is 0 Å². The number of hydrogen-bond acceptors (Lipinski definition) is 2. The Bertz CT molecular complexity index is 463. The van der Waals surface area contributed by atoms with Gasteiger partial charge in [-0.05, 0) is 75.5 Å². The molecule has 2 heteroatoms. The fourth-order valence-electron chi connectivity index (χ4n) is 6.11. The largest absolute Gasteiger partial charge is 0.458 e. The fourth-order valence-corrected chi connectivity index (χ4v) is 6.11. The Morgan fingerprint density at radius 2 is 1.65 bits per heavy atom. The summed E-state index contributed by atoms with van der Waals surface area (Å²) >= 11 is 0. The van der Waals surface area contributed by atoms with Gasteiger partial charge in [-0.25, -0.2) is 0 Å². The predicted molar refractivity (Wildman–Crippen MR) is 110 cm³/mol. The van der Waals surface area contributed by atoms with Crippen molar-refractivity contribution in [3.63, 3.8) is 0 Å². The molecule has 5 atom stereocenters. The summed E-state index contributed by atoms with van der Waals surface area (Å²) in [7, 11) is 0. The summed E-state index contributed by atoms with van der Waals surface area (Å²) in [4.78, 5) is 12.9. The lowest BCUT2D eigenvalue weighted by atomic mass is 9.56. The molecule has 2 aliphatic carbocycles. The molecule has 0 aromatic heterocycles. The van der Waals surface area contributed by atoms with Crippen LogP contribution in [0, 0.1) is 35.0 Å². The zero-order valence-electron chi connectivity index (χ0n) is 18.6. The van der Waals surface area contributed by atoms with Crippen molar-refractivity contribution in [2.24, 2.45) is 35.0 Å². The molecule has 5 unspecified atom stereocenters. The molecule has 0 saturated heterocycles. The molecular formula is C24H44O2. The van der Waals surface area contributed by atoms with Crippen molar-refractivity contribution in [2.75, 3.05) is 0 Å². The molecule has 0 aromatic carbocycles. The number of ether oxygens (including phenoxy) is 1. The first-order chi connectivity index (χ1) is 12.2. The van der Waals surface area contributed by atoms with E-state index in [4.69, 9.17) is 4.74 Å². The number of hydrogen-bond donors (Lipinski definition) is 0. The number of esters is 1. The Hall–Kier alpha value is -0.530. The molecule has 2 rings (SSSR count). The van der Waals surface area contributed by atoms with E-state index in [1.807, 2.05) is 13.8 Å².